The van der Waals surface area contributed by atoms with E-state index < -0.39 is 10.0 Å². The lowest BCUT2D eigenvalue weighted by atomic mass is 9.97. The van der Waals surface area contributed by atoms with Crippen molar-refractivity contribution in [1.29, 1.82) is 0 Å². The number of amides is 1. The third-order valence-corrected chi connectivity index (χ3v) is 8.21. The molecule has 0 aliphatic carbocycles. The zero-order valence-corrected chi connectivity index (χ0v) is 19.3. The van der Waals surface area contributed by atoms with Crippen LogP contribution in [0.3, 0.4) is 0 Å². The van der Waals surface area contributed by atoms with E-state index in [1.54, 1.807) is 30.3 Å². The molecule has 0 radical (unpaired) electrons. The van der Waals surface area contributed by atoms with Crippen LogP contribution in [0.1, 0.15) is 25.7 Å². The second-order valence-corrected chi connectivity index (χ2v) is 10.6. The number of ether oxygens (including phenoxy) is 1. The van der Waals surface area contributed by atoms with Crippen molar-refractivity contribution in [2.75, 3.05) is 38.5 Å². The molecule has 8 heteroatoms. The molecule has 0 atom stereocenters. The Bertz CT molecular complexity index is 995. The van der Waals surface area contributed by atoms with Crippen LogP contribution in [0.15, 0.2) is 59.5 Å². The molecular weight excluding hydrogens is 426 g/mol. The van der Waals surface area contributed by atoms with E-state index in [4.69, 9.17) is 4.74 Å². The van der Waals surface area contributed by atoms with E-state index in [2.05, 4.69) is 17.3 Å². The molecule has 32 heavy (non-hydrogen) atoms. The highest BCUT2D eigenvalue weighted by Gasteiger charge is 2.32. The van der Waals surface area contributed by atoms with Gasteiger partial charge in [-0.3, -0.25) is 4.79 Å². The molecule has 0 spiro atoms. The summed E-state index contributed by atoms with van der Waals surface area (Å²) >= 11 is 0. The zero-order chi connectivity index (χ0) is 22.6. The van der Waals surface area contributed by atoms with Crippen molar-refractivity contribution in [3.05, 3.63) is 54.6 Å². The molecule has 2 saturated heterocycles. The van der Waals surface area contributed by atoms with Gasteiger partial charge >= 0.3 is 0 Å². The lowest BCUT2D eigenvalue weighted by Gasteiger charge is -2.30. The van der Waals surface area contributed by atoms with Gasteiger partial charge in [0.25, 0.3) is 0 Å². The first-order valence-corrected chi connectivity index (χ1v) is 12.7. The molecule has 7 nitrogen and oxygen atoms in total. The highest BCUT2D eigenvalue weighted by atomic mass is 32.2. The summed E-state index contributed by atoms with van der Waals surface area (Å²) in [4.78, 5) is 15.3. The second kappa shape index (κ2) is 10.0. The quantitative estimate of drug-likeness (QED) is 0.721. The van der Waals surface area contributed by atoms with Gasteiger partial charge in [0.1, 0.15) is 11.9 Å². The minimum atomic E-state index is -3.51. The van der Waals surface area contributed by atoms with Crippen molar-refractivity contribution in [3.8, 4) is 5.75 Å². The smallest absolute Gasteiger partial charge is 0.243 e. The number of rotatable bonds is 6. The number of carbonyl (C=O) groups is 1. The number of hydrogen-bond donors (Lipinski definition) is 1. The molecule has 4 rings (SSSR count). The monoisotopic (exact) mass is 457 g/mol. The maximum Gasteiger partial charge on any atom is 0.243 e. The van der Waals surface area contributed by atoms with Crippen LogP contribution in [0.4, 0.5) is 5.69 Å². The Morgan fingerprint density at radius 2 is 1.53 bits per heavy atom. The molecule has 172 valence electrons. The van der Waals surface area contributed by atoms with Crippen LogP contribution in [-0.2, 0) is 14.8 Å². The zero-order valence-electron chi connectivity index (χ0n) is 18.4. The Hall–Kier alpha value is -2.42. The van der Waals surface area contributed by atoms with E-state index in [-0.39, 0.29) is 17.9 Å². The Balaban J connectivity index is 1.27. The highest BCUT2D eigenvalue weighted by molar-refractivity contribution is 7.89. The molecule has 2 aliphatic rings. The molecule has 2 aliphatic heterocycles. The molecule has 2 fully saturated rings. The standard InChI is InChI=1S/C24H31N3O4S/c1-26-15-13-22(14-16-26)31-21-9-7-20(8-10-21)25-24(28)19-11-17-27(18-12-19)32(29,30)23-5-3-2-4-6-23/h2-10,19,22H,11-18H2,1H3,(H,25,28). The Kier molecular flexibility index (Phi) is 7.13. The summed E-state index contributed by atoms with van der Waals surface area (Å²) in [5.74, 6) is 0.551. The Morgan fingerprint density at radius 1 is 0.906 bits per heavy atom. The molecule has 2 aromatic rings. The normalized spacial score (nSPS) is 19.5. The number of hydrogen-bond acceptors (Lipinski definition) is 5. The van der Waals surface area contributed by atoms with Crippen molar-refractivity contribution in [1.82, 2.24) is 9.21 Å². The van der Waals surface area contributed by atoms with E-state index in [0.717, 1.165) is 37.4 Å². The number of likely N-dealkylation sites (tertiary alicyclic amines) is 1. The summed E-state index contributed by atoms with van der Waals surface area (Å²) in [5.41, 5.74) is 0.727. The predicted molar refractivity (Wildman–Crippen MR) is 124 cm³/mol. The summed E-state index contributed by atoms with van der Waals surface area (Å²) in [6.45, 7) is 2.78. The van der Waals surface area contributed by atoms with Gasteiger partial charge in [0.05, 0.1) is 4.90 Å². The first-order chi connectivity index (χ1) is 15.4. The molecular formula is C24H31N3O4S. The van der Waals surface area contributed by atoms with E-state index in [9.17, 15) is 13.2 Å². The largest absolute Gasteiger partial charge is 0.490 e. The van der Waals surface area contributed by atoms with Crippen molar-refractivity contribution < 1.29 is 17.9 Å². The average molecular weight is 458 g/mol. The van der Waals surface area contributed by atoms with Gasteiger partial charge in [-0.15, -0.1) is 0 Å². The molecule has 1 N–H and O–H groups in total. The topological polar surface area (TPSA) is 79.0 Å². The van der Waals surface area contributed by atoms with Crippen molar-refractivity contribution in [3.63, 3.8) is 0 Å². The maximum absolute atomic E-state index is 12.8. The van der Waals surface area contributed by atoms with Crippen molar-refractivity contribution >= 4 is 21.6 Å². The lowest BCUT2D eigenvalue weighted by molar-refractivity contribution is -0.120. The first kappa shape index (κ1) is 22.8. The molecule has 0 saturated carbocycles. The summed E-state index contributed by atoms with van der Waals surface area (Å²) in [5, 5.41) is 2.96. The maximum atomic E-state index is 12.8. The van der Waals surface area contributed by atoms with Crippen LogP contribution in [-0.4, -0.2) is 62.9 Å². The van der Waals surface area contributed by atoms with E-state index in [0.29, 0.717) is 30.8 Å². The van der Waals surface area contributed by atoms with E-state index in [1.807, 2.05) is 24.3 Å². The van der Waals surface area contributed by atoms with Gasteiger partial charge in [-0.2, -0.15) is 4.31 Å². The van der Waals surface area contributed by atoms with Crippen LogP contribution in [0, 0.1) is 5.92 Å². The Morgan fingerprint density at radius 3 is 2.16 bits per heavy atom. The number of nitrogens with zero attached hydrogens (tertiary/aromatic N) is 2. The first-order valence-electron chi connectivity index (χ1n) is 11.2. The molecule has 0 aromatic heterocycles. The lowest BCUT2D eigenvalue weighted by Crippen LogP contribution is -2.41. The van der Waals surface area contributed by atoms with Gasteiger partial charge in [-0.1, -0.05) is 18.2 Å². The van der Waals surface area contributed by atoms with Crippen molar-refractivity contribution in [2.24, 2.45) is 5.92 Å². The summed E-state index contributed by atoms with van der Waals surface area (Å²) < 4.78 is 33.0. The summed E-state index contributed by atoms with van der Waals surface area (Å²) in [6, 6.07) is 15.9. The fourth-order valence-electron chi connectivity index (χ4n) is 4.26. The van der Waals surface area contributed by atoms with Gasteiger partial charge < -0.3 is 15.0 Å². The number of benzene rings is 2. The second-order valence-electron chi connectivity index (χ2n) is 8.63. The minimum Gasteiger partial charge on any atom is -0.490 e. The molecule has 0 unspecified atom stereocenters. The van der Waals surface area contributed by atoms with E-state index in [1.165, 1.54) is 4.31 Å². The third-order valence-electron chi connectivity index (χ3n) is 6.30. The van der Waals surface area contributed by atoms with Gasteiger partial charge in [-0.05, 0) is 69.1 Å². The predicted octanol–water partition coefficient (Wildman–Crippen LogP) is 3.20. The van der Waals surface area contributed by atoms with Gasteiger partial charge in [0, 0.05) is 37.8 Å². The van der Waals surface area contributed by atoms with Crippen LogP contribution in [0.2, 0.25) is 0 Å². The molecule has 2 aromatic carbocycles. The van der Waals surface area contributed by atoms with Gasteiger partial charge in [-0.25, -0.2) is 8.42 Å². The number of piperidine rings is 2. The van der Waals surface area contributed by atoms with Crippen molar-refractivity contribution in [2.45, 2.75) is 36.7 Å². The van der Waals surface area contributed by atoms with Crippen LogP contribution in [0.5, 0.6) is 5.75 Å². The number of anilines is 1. The van der Waals surface area contributed by atoms with Crippen LogP contribution in [0.25, 0.3) is 0 Å². The molecule has 0 bridgehead atoms. The fourth-order valence-corrected chi connectivity index (χ4v) is 5.75. The summed E-state index contributed by atoms with van der Waals surface area (Å²) in [6.07, 6.45) is 3.30. The number of carbonyl (C=O) groups excluding carboxylic acids is 1. The summed E-state index contributed by atoms with van der Waals surface area (Å²) in [7, 11) is -1.38. The van der Waals surface area contributed by atoms with Gasteiger partial charge in [0.2, 0.25) is 15.9 Å². The Labute approximate surface area is 190 Å². The SMILES string of the molecule is CN1CCC(Oc2ccc(NC(=O)C3CCN(S(=O)(=O)c4ccccc4)CC3)cc2)CC1. The fraction of sp³-hybridized carbons (Fsp3) is 0.458. The minimum absolute atomic E-state index is 0.0641. The van der Waals surface area contributed by atoms with E-state index >= 15 is 0 Å². The number of nitrogens with one attached hydrogen (secondary N) is 1. The molecule has 1 amide bonds. The highest BCUT2D eigenvalue weighted by Crippen LogP contribution is 2.26. The molecule has 2 heterocycles. The number of sulfonamides is 1. The van der Waals surface area contributed by atoms with Crippen LogP contribution < -0.4 is 10.1 Å². The third kappa shape index (κ3) is 5.49. The average Bonchev–Trinajstić information content (AvgIpc) is 2.82. The van der Waals surface area contributed by atoms with Crippen LogP contribution >= 0.6 is 0 Å². The van der Waals surface area contributed by atoms with Gasteiger partial charge in [0.15, 0.2) is 0 Å².